The second kappa shape index (κ2) is 5.82. The number of amides is 1. The molecule has 1 N–H and O–H groups in total. The molecule has 1 saturated heterocycles. The van der Waals surface area contributed by atoms with Crippen LogP contribution in [0.1, 0.15) is 54.2 Å². The minimum Gasteiger partial charge on any atom is -0.344 e. The third kappa shape index (κ3) is 2.74. The Morgan fingerprint density at radius 3 is 3.00 bits per heavy atom. The molecule has 2 unspecified atom stereocenters. The topological polar surface area (TPSA) is 45.2 Å². The largest absolute Gasteiger partial charge is 0.344 e. The number of fused-ring (bicyclic) bond motifs is 1. The van der Waals surface area contributed by atoms with Gasteiger partial charge in [0.15, 0.2) is 0 Å². The third-order valence-corrected chi connectivity index (χ3v) is 5.72. The molecule has 1 aliphatic carbocycles. The van der Waals surface area contributed by atoms with E-state index >= 15 is 0 Å². The van der Waals surface area contributed by atoms with E-state index in [9.17, 15) is 4.79 Å². The molecule has 1 fully saturated rings. The van der Waals surface area contributed by atoms with Crippen LogP contribution < -0.4 is 5.32 Å². The van der Waals surface area contributed by atoms with Crippen LogP contribution >= 0.6 is 11.3 Å². The zero-order chi connectivity index (χ0) is 14.1. The summed E-state index contributed by atoms with van der Waals surface area (Å²) in [4.78, 5) is 19.6. The van der Waals surface area contributed by atoms with Crippen molar-refractivity contribution in [1.82, 2.24) is 15.2 Å². The maximum Gasteiger partial charge on any atom is 0.222 e. The molecule has 0 saturated carbocycles. The number of nitrogens with one attached hydrogen (secondary N) is 1. The summed E-state index contributed by atoms with van der Waals surface area (Å²) in [6.45, 7) is 3.01. The van der Waals surface area contributed by atoms with Crippen LogP contribution in [0.4, 0.5) is 0 Å². The SMILES string of the molecule is CCc1nc2c(s1)C(NC1CCC(=O)N(C)C1)CCC2. The van der Waals surface area contributed by atoms with Crippen molar-refractivity contribution in [2.75, 3.05) is 13.6 Å². The summed E-state index contributed by atoms with van der Waals surface area (Å²) in [7, 11) is 1.91. The molecule has 1 aromatic heterocycles. The van der Waals surface area contributed by atoms with Crippen molar-refractivity contribution in [3.05, 3.63) is 15.6 Å². The molecule has 0 aromatic carbocycles. The van der Waals surface area contributed by atoms with E-state index in [-0.39, 0.29) is 5.91 Å². The van der Waals surface area contributed by atoms with Gasteiger partial charge >= 0.3 is 0 Å². The van der Waals surface area contributed by atoms with Crippen molar-refractivity contribution in [2.45, 2.75) is 57.5 Å². The van der Waals surface area contributed by atoms with Gasteiger partial charge in [-0.05, 0) is 32.1 Å². The van der Waals surface area contributed by atoms with Crippen molar-refractivity contribution in [3.8, 4) is 0 Å². The van der Waals surface area contributed by atoms with Crippen LogP contribution in [0, 0.1) is 0 Å². The molecule has 0 radical (unpaired) electrons. The number of hydrogen-bond donors (Lipinski definition) is 1. The fraction of sp³-hybridized carbons (Fsp3) is 0.733. The van der Waals surface area contributed by atoms with E-state index in [1.807, 2.05) is 23.3 Å². The van der Waals surface area contributed by atoms with Gasteiger partial charge in [0, 0.05) is 37.0 Å². The summed E-state index contributed by atoms with van der Waals surface area (Å²) in [5.74, 6) is 0.276. The van der Waals surface area contributed by atoms with Gasteiger partial charge in [0.05, 0.1) is 10.7 Å². The number of hydrogen-bond acceptors (Lipinski definition) is 4. The predicted octanol–water partition coefficient (Wildman–Crippen LogP) is 2.29. The van der Waals surface area contributed by atoms with Gasteiger partial charge in [0.25, 0.3) is 0 Å². The molecule has 110 valence electrons. The van der Waals surface area contributed by atoms with E-state index in [1.165, 1.54) is 28.4 Å². The predicted molar refractivity (Wildman–Crippen MR) is 81.0 cm³/mol. The lowest BCUT2D eigenvalue weighted by molar-refractivity contribution is -0.132. The maximum atomic E-state index is 11.6. The quantitative estimate of drug-likeness (QED) is 0.930. The van der Waals surface area contributed by atoms with Gasteiger partial charge in [-0.3, -0.25) is 4.79 Å². The summed E-state index contributed by atoms with van der Waals surface area (Å²) < 4.78 is 0. The van der Waals surface area contributed by atoms with E-state index in [0.29, 0.717) is 18.5 Å². The van der Waals surface area contributed by atoms with Crippen LogP contribution in [-0.2, 0) is 17.6 Å². The van der Waals surface area contributed by atoms with Crippen LogP contribution in [0.15, 0.2) is 0 Å². The maximum absolute atomic E-state index is 11.6. The first-order chi connectivity index (χ1) is 9.67. The van der Waals surface area contributed by atoms with Crippen LogP contribution in [0.3, 0.4) is 0 Å². The van der Waals surface area contributed by atoms with Crippen molar-refractivity contribution in [2.24, 2.45) is 0 Å². The third-order valence-electron chi connectivity index (χ3n) is 4.36. The molecule has 1 aliphatic heterocycles. The summed E-state index contributed by atoms with van der Waals surface area (Å²) >= 11 is 1.88. The molecule has 5 heteroatoms. The molecule has 1 aromatic rings. The Labute approximate surface area is 124 Å². The number of carbonyl (C=O) groups excluding carboxylic acids is 1. The highest BCUT2D eigenvalue weighted by atomic mass is 32.1. The Morgan fingerprint density at radius 2 is 2.25 bits per heavy atom. The number of rotatable bonds is 3. The Morgan fingerprint density at radius 1 is 1.40 bits per heavy atom. The lowest BCUT2D eigenvalue weighted by Crippen LogP contribution is -2.47. The van der Waals surface area contributed by atoms with E-state index in [4.69, 9.17) is 4.98 Å². The molecular weight excluding hydrogens is 270 g/mol. The molecule has 2 heterocycles. The van der Waals surface area contributed by atoms with Crippen molar-refractivity contribution < 1.29 is 4.79 Å². The molecule has 4 nitrogen and oxygen atoms in total. The molecule has 20 heavy (non-hydrogen) atoms. The van der Waals surface area contributed by atoms with Crippen molar-refractivity contribution in [3.63, 3.8) is 0 Å². The standard InChI is InChI=1S/C15H23N3OS/c1-3-13-17-12-6-4-5-11(15(12)20-13)16-10-7-8-14(19)18(2)9-10/h10-11,16H,3-9H2,1-2H3. The first-order valence-corrected chi connectivity index (χ1v) is 8.47. The van der Waals surface area contributed by atoms with Crippen LogP contribution in [0.2, 0.25) is 0 Å². The average Bonchev–Trinajstić information content (AvgIpc) is 2.87. The molecule has 2 atom stereocenters. The zero-order valence-corrected chi connectivity index (χ0v) is 13.1. The molecule has 0 bridgehead atoms. The van der Waals surface area contributed by atoms with Crippen LogP contribution in [-0.4, -0.2) is 35.4 Å². The summed E-state index contributed by atoms with van der Waals surface area (Å²) in [6.07, 6.45) is 6.23. The number of thiazole rings is 1. The van der Waals surface area contributed by atoms with Gasteiger partial charge in [0.2, 0.25) is 5.91 Å². The summed E-state index contributed by atoms with van der Waals surface area (Å²) in [5, 5.41) is 5.04. The molecule has 3 rings (SSSR count). The van der Waals surface area contributed by atoms with Gasteiger partial charge in [-0.1, -0.05) is 6.92 Å². The highest BCUT2D eigenvalue weighted by Crippen LogP contribution is 2.35. The second-order valence-corrected chi connectivity index (χ2v) is 7.01. The van der Waals surface area contributed by atoms with Gasteiger partial charge in [-0.25, -0.2) is 4.98 Å². The minimum absolute atomic E-state index is 0.276. The molecule has 2 aliphatic rings. The van der Waals surface area contributed by atoms with E-state index < -0.39 is 0 Å². The summed E-state index contributed by atoms with van der Waals surface area (Å²) in [5.41, 5.74) is 1.32. The number of piperidine rings is 1. The van der Waals surface area contributed by atoms with E-state index in [1.54, 1.807) is 0 Å². The number of likely N-dealkylation sites (N-methyl/N-ethyl adjacent to an activating group) is 1. The number of nitrogens with zero attached hydrogens (tertiary/aromatic N) is 2. The van der Waals surface area contributed by atoms with Gasteiger partial charge in [-0.2, -0.15) is 0 Å². The van der Waals surface area contributed by atoms with E-state index in [2.05, 4.69) is 12.2 Å². The van der Waals surface area contributed by atoms with Gasteiger partial charge in [0.1, 0.15) is 0 Å². The normalized spacial score (nSPS) is 26.7. The average molecular weight is 293 g/mol. The first-order valence-electron chi connectivity index (χ1n) is 7.66. The number of aryl methyl sites for hydroxylation is 2. The second-order valence-electron chi connectivity index (χ2n) is 5.89. The van der Waals surface area contributed by atoms with Crippen molar-refractivity contribution >= 4 is 17.2 Å². The smallest absolute Gasteiger partial charge is 0.222 e. The molecule has 1 amide bonds. The molecular formula is C15H23N3OS. The highest BCUT2D eigenvalue weighted by Gasteiger charge is 2.29. The fourth-order valence-corrected chi connectivity index (χ4v) is 4.36. The molecule has 0 spiro atoms. The van der Waals surface area contributed by atoms with Crippen LogP contribution in [0.25, 0.3) is 0 Å². The number of carbonyl (C=O) groups is 1. The lowest BCUT2D eigenvalue weighted by Gasteiger charge is -2.34. The summed E-state index contributed by atoms with van der Waals surface area (Å²) in [6, 6.07) is 0.879. The zero-order valence-electron chi connectivity index (χ0n) is 12.3. The first kappa shape index (κ1) is 14.0. The van der Waals surface area contributed by atoms with Crippen LogP contribution in [0.5, 0.6) is 0 Å². The number of likely N-dealkylation sites (tertiary alicyclic amines) is 1. The van der Waals surface area contributed by atoms with Crippen molar-refractivity contribution in [1.29, 1.82) is 0 Å². The Hall–Kier alpha value is -0.940. The Bertz CT molecular complexity index is 499. The number of aromatic nitrogens is 1. The Balaban J connectivity index is 1.70. The fourth-order valence-electron chi connectivity index (χ4n) is 3.21. The van der Waals surface area contributed by atoms with Gasteiger partial charge in [-0.15, -0.1) is 11.3 Å². The van der Waals surface area contributed by atoms with E-state index in [0.717, 1.165) is 25.8 Å². The van der Waals surface area contributed by atoms with Gasteiger partial charge < -0.3 is 10.2 Å². The highest BCUT2D eigenvalue weighted by molar-refractivity contribution is 7.11. The Kier molecular flexibility index (Phi) is 4.08. The monoisotopic (exact) mass is 293 g/mol. The minimum atomic E-state index is 0.276. The lowest BCUT2D eigenvalue weighted by atomic mass is 9.96.